The molecule has 1 unspecified atom stereocenters. The molecule has 2 rings (SSSR count). The minimum absolute atomic E-state index is 0.243. The Kier molecular flexibility index (Phi) is 5.03. The molecule has 0 amide bonds. The first kappa shape index (κ1) is 16.0. The van der Waals surface area contributed by atoms with Crippen LogP contribution < -0.4 is 5.73 Å². The second-order valence-electron chi connectivity index (χ2n) is 4.92. The molecule has 1 heterocycles. The summed E-state index contributed by atoms with van der Waals surface area (Å²) in [7, 11) is 1.87. The van der Waals surface area contributed by atoms with Crippen molar-refractivity contribution in [3.63, 3.8) is 0 Å². The monoisotopic (exact) mass is 314 g/mol. The first-order valence-electron chi connectivity index (χ1n) is 6.50. The van der Waals surface area contributed by atoms with Crippen molar-refractivity contribution in [1.82, 2.24) is 4.90 Å². The van der Waals surface area contributed by atoms with E-state index < -0.39 is 11.7 Å². The summed E-state index contributed by atoms with van der Waals surface area (Å²) in [6.45, 7) is 0.920. The quantitative estimate of drug-likeness (QED) is 0.907. The van der Waals surface area contributed by atoms with Gasteiger partial charge >= 0.3 is 6.18 Å². The number of benzene rings is 1. The number of rotatable bonds is 5. The molecule has 0 spiro atoms. The molecular weight excluding hydrogens is 297 g/mol. The molecule has 0 aliphatic heterocycles. The fourth-order valence-corrected chi connectivity index (χ4v) is 2.93. The zero-order chi connectivity index (χ0) is 15.5. The molecule has 0 saturated carbocycles. The Morgan fingerprint density at radius 2 is 2.05 bits per heavy atom. The van der Waals surface area contributed by atoms with E-state index >= 15 is 0 Å². The van der Waals surface area contributed by atoms with E-state index in [4.69, 9.17) is 5.73 Å². The van der Waals surface area contributed by atoms with Gasteiger partial charge in [0.1, 0.15) is 0 Å². The van der Waals surface area contributed by atoms with E-state index in [1.807, 2.05) is 28.8 Å². The summed E-state index contributed by atoms with van der Waals surface area (Å²) in [5.74, 6) is 0. The van der Waals surface area contributed by atoms with Crippen molar-refractivity contribution < 1.29 is 13.2 Å². The van der Waals surface area contributed by atoms with Crippen LogP contribution >= 0.6 is 11.3 Å². The first-order valence-corrected chi connectivity index (χ1v) is 7.44. The fourth-order valence-electron chi connectivity index (χ4n) is 2.27. The maximum Gasteiger partial charge on any atom is 0.416 e. The van der Waals surface area contributed by atoms with Crippen molar-refractivity contribution in [1.29, 1.82) is 0 Å². The fraction of sp³-hybridized carbons (Fsp3) is 0.333. The minimum Gasteiger partial charge on any atom is -0.329 e. The lowest BCUT2D eigenvalue weighted by Gasteiger charge is -2.27. The van der Waals surface area contributed by atoms with Gasteiger partial charge in [0.25, 0.3) is 0 Å². The van der Waals surface area contributed by atoms with E-state index in [-0.39, 0.29) is 12.6 Å². The largest absolute Gasteiger partial charge is 0.416 e. The van der Waals surface area contributed by atoms with Gasteiger partial charge in [-0.15, -0.1) is 0 Å². The number of thiophene rings is 1. The van der Waals surface area contributed by atoms with Crippen LogP contribution in [0.15, 0.2) is 41.1 Å². The maximum absolute atomic E-state index is 12.8. The van der Waals surface area contributed by atoms with Gasteiger partial charge in [-0.1, -0.05) is 12.1 Å². The molecule has 0 aliphatic rings. The molecule has 114 valence electrons. The summed E-state index contributed by atoms with van der Waals surface area (Å²) < 4.78 is 38.4. The Balaban J connectivity index is 2.20. The standard InChI is InChI=1S/C15H17F3N2S/c1-20(9-11-5-6-21-10-11)14(8-19)12-3-2-4-13(7-12)15(16,17)18/h2-7,10,14H,8-9,19H2,1H3. The highest BCUT2D eigenvalue weighted by Gasteiger charge is 2.31. The van der Waals surface area contributed by atoms with Crippen LogP contribution in [0.2, 0.25) is 0 Å². The molecule has 0 fully saturated rings. The van der Waals surface area contributed by atoms with Crippen LogP contribution in [0.5, 0.6) is 0 Å². The Labute approximate surface area is 126 Å². The van der Waals surface area contributed by atoms with Crippen molar-refractivity contribution in [3.8, 4) is 0 Å². The first-order chi connectivity index (χ1) is 9.91. The van der Waals surface area contributed by atoms with E-state index in [1.165, 1.54) is 12.1 Å². The molecule has 1 aromatic carbocycles. The van der Waals surface area contributed by atoms with Gasteiger partial charge in [-0.2, -0.15) is 24.5 Å². The van der Waals surface area contributed by atoms with Crippen molar-refractivity contribution in [2.24, 2.45) is 5.73 Å². The van der Waals surface area contributed by atoms with Gasteiger partial charge in [-0.05, 0) is 47.1 Å². The third-order valence-corrected chi connectivity index (χ3v) is 4.10. The molecule has 0 bridgehead atoms. The maximum atomic E-state index is 12.8. The predicted octanol–water partition coefficient (Wildman–Crippen LogP) is 3.90. The average Bonchev–Trinajstić information content (AvgIpc) is 2.92. The van der Waals surface area contributed by atoms with Gasteiger partial charge in [0.05, 0.1) is 5.56 Å². The van der Waals surface area contributed by atoms with Crippen LogP contribution in [-0.2, 0) is 12.7 Å². The summed E-state index contributed by atoms with van der Waals surface area (Å²) in [5.41, 5.74) is 6.86. The van der Waals surface area contributed by atoms with E-state index in [9.17, 15) is 13.2 Å². The minimum atomic E-state index is -4.33. The highest BCUT2D eigenvalue weighted by molar-refractivity contribution is 7.07. The van der Waals surface area contributed by atoms with Gasteiger partial charge in [-0.25, -0.2) is 0 Å². The Hall–Kier alpha value is -1.37. The number of hydrogen-bond acceptors (Lipinski definition) is 3. The highest BCUT2D eigenvalue weighted by Crippen LogP contribution is 2.31. The second-order valence-corrected chi connectivity index (χ2v) is 5.70. The number of hydrogen-bond donors (Lipinski definition) is 1. The lowest BCUT2D eigenvalue weighted by Crippen LogP contribution is -2.30. The number of nitrogens with zero attached hydrogens (tertiary/aromatic N) is 1. The van der Waals surface area contributed by atoms with Crippen molar-refractivity contribution in [2.75, 3.05) is 13.6 Å². The van der Waals surface area contributed by atoms with Crippen LogP contribution in [0.3, 0.4) is 0 Å². The number of halogens is 3. The normalized spacial score (nSPS) is 13.6. The molecule has 6 heteroatoms. The molecule has 0 aliphatic carbocycles. The van der Waals surface area contributed by atoms with Crippen molar-refractivity contribution >= 4 is 11.3 Å². The van der Waals surface area contributed by atoms with Crippen LogP contribution in [0.25, 0.3) is 0 Å². The zero-order valence-corrected chi connectivity index (χ0v) is 12.4. The summed E-state index contributed by atoms with van der Waals surface area (Å²) in [6.07, 6.45) is -4.33. The summed E-state index contributed by atoms with van der Waals surface area (Å²) >= 11 is 1.60. The van der Waals surface area contributed by atoms with Gasteiger partial charge < -0.3 is 5.73 Å². The number of alkyl halides is 3. The zero-order valence-electron chi connectivity index (χ0n) is 11.6. The lowest BCUT2D eigenvalue weighted by atomic mass is 10.0. The smallest absolute Gasteiger partial charge is 0.329 e. The summed E-state index contributed by atoms with van der Waals surface area (Å²) in [6, 6.07) is 7.14. The molecule has 2 nitrogen and oxygen atoms in total. The van der Waals surface area contributed by atoms with E-state index in [0.717, 1.165) is 11.6 Å². The summed E-state index contributed by atoms with van der Waals surface area (Å²) in [4.78, 5) is 1.97. The lowest BCUT2D eigenvalue weighted by molar-refractivity contribution is -0.137. The van der Waals surface area contributed by atoms with Gasteiger partial charge in [0.15, 0.2) is 0 Å². The second kappa shape index (κ2) is 6.60. The van der Waals surface area contributed by atoms with Crippen molar-refractivity contribution in [3.05, 3.63) is 57.8 Å². The number of likely N-dealkylation sites (N-methyl/N-ethyl adjacent to an activating group) is 1. The Morgan fingerprint density at radius 3 is 2.62 bits per heavy atom. The molecule has 1 aromatic heterocycles. The topological polar surface area (TPSA) is 29.3 Å². The van der Waals surface area contributed by atoms with E-state index in [1.54, 1.807) is 17.4 Å². The van der Waals surface area contributed by atoms with Crippen LogP contribution in [0.1, 0.15) is 22.7 Å². The molecule has 21 heavy (non-hydrogen) atoms. The highest BCUT2D eigenvalue weighted by atomic mass is 32.1. The van der Waals surface area contributed by atoms with Crippen LogP contribution in [-0.4, -0.2) is 18.5 Å². The Bertz CT molecular complexity index is 567. The van der Waals surface area contributed by atoms with Gasteiger partial charge in [0.2, 0.25) is 0 Å². The third kappa shape index (κ3) is 4.06. The third-order valence-electron chi connectivity index (χ3n) is 3.37. The van der Waals surface area contributed by atoms with Crippen LogP contribution in [0, 0.1) is 0 Å². The SMILES string of the molecule is CN(Cc1ccsc1)C(CN)c1cccc(C(F)(F)F)c1. The molecule has 2 aromatic rings. The van der Waals surface area contributed by atoms with E-state index in [2.05, 4.69) is 0 Å². The molecule has 1 atom stereocenters. The predicted molar refractivity (Wildman–Crippen MR) is 79.0 cm³/mol. The average molecular weight is 314 g/mol. The van der Waals surface area contributed by atoms with Crippen molar-refractivity contribution in [2.45, 2.75) is 18.8 Å². The Morgan fingerprint density at radius 1 is 1.29 bits per heavy atom. The summed E-state index contributed by atoms with van der Waals surface area (Å²) in [5, 5.41) is 4.00. The van der Waals surface area contributed by atoms with Gasteiger partial charge in [0, 0.05) is 19.1 Å². The van der Waals surface area contributed by atoms with Gasteiger partial charge in [-0.3, -0.25) is 4.90 Å². The molecular formula is C15H17F3N2S. The van der Waals surface area contributed by atoms with E-state index in [0.29, 0.717) is 12.1 Å². The number of nitrogens with two attached hydrogens (primary N) is 1. The molecule has 2 N–H and O–H groups in total. The molecule has 0 radical (unpaired) electrons. The molecule has 0 saturated heterocycles. The van der Waals surface area contributed by atoms with Crippen LogP contribution in [0.4, 0.5) is 13.2 Å².